The Labute approximate surface area is 120 Å². The third kappa shape index (κ3) is 3.51. The van der Waals surface area contributed by atoms with Crippen LogP contribution in [0.2, 0.25) is 0 Å². The average molecular weight is 304 g/mol. The number of rotatable bonds is 6. The molecular formula is C13H24N2O4S. The number of carboxylic acid groups (broad SMARTS) is 1. The number of carboxylic acids is 1. The van der Waals surface area contributed by atoms with Gasteiger partial charge in [-0.2, -0.15) is 12.7 Å². The van der Waals surface area contributed by atoms with E-state index in [1.807, 2.05) is 6.92 Å². The first-order valence-electron chi connectivity index (χ1n) is 7.33. The summed E-state index contributed by atoms with van der Waals surface area (Å²) in [5.74, 6) is -0.852. The number of hydrogen-bond donors (Lipinski definition) is 2. The van der Waals surface area contributed by atoms with Crippen molar-refractivity contribution in [1.82, 2.24) is 9.03 Å². The van der Waals surface area contributed by atoms with Crippen LogP contribution in [0.4, 0.5) is 0 Å². The number of nitrogens with zero attached hydrogens (tertiary/aromatic N) is 1. The maximum absolute atomic E-state index is 12.3. The van der Waals surface area contributed by atoms with Crippen molar-refractivity contribution in [2.75, 3.05) is 13.1 Å². The minimum atomic E-state index is -3.49. The number of hydrogen-bond acceptors (Lipinski definition) is 3. The van der Waals surface area contributed by atoms with Gasteiger partial charge in [-0.3, -0.25) is 4.79 Å². The van der Waals surface area contributed by atoms with E-state index in [9.17, 15) is 13.2 Å². The van der Waals surface area contributed by atoms with Gasteiger partial charge >= 0.3 is 5.97 Å². The number of carbonyl (C=O) groups is 1. The maximum Gasteiger partial charge on any atom is 0.303 e. The SMILES string of the molecule is CC1CCCCN1S(=O)(=O)NCC1(CC(=O)O)CCC1. The van der Waals surface area contributed by atoms with Crippen molar-refractivity contribution < 1.29 is 18.3 Å². The van der Waals surface area contributed by atoms with Crippen molar-refractivity contribution in [2.24, 2.45) is 5.41 Å². The molecule has 20 heavy (non-hydrogen) atoms. The molecule has 1 saturated carbocycles. The van der Waals surface area contributed by atoms with Crippen LogP contribution in [0.25, 0.3) is 0 Å². The van der Waals surface area contributed by atoms with Gasteiger partial charge in [0.15, 0.2) is 0 Å². The summed E-state index contributed by atoms with van der Waals surface area (Å²) < 4.78 is 28.8. The van der Waals surface area contributed by atoms with Crippen molar-refractivity contribution in [3.8, 4) is 0 Å². The highest BCUT2D eigenvalue weighted by Crippen LogP contribution is 2.43. The largest absolute Gasteiger partial charge is 0.481 e. The molecule has 1 unspecified atom stereocenters. The monoisotopic (exact) mass is 304 g/mol. The minimum absolute atomic E-state index is 0.0260. The van der Waals surface area contributed by atoms with Gasteiger partial charge < -0.3 is 5.11 Å². The first-order chi connectivity index (χ1) is 9.35. The molecule has 7 heteroatoms. The molecule has 0 aromatic heterocycles. The van der Waals surface area contributed by atoms with Crippen molar-refractivity contribution >= 4 is 16.2 Å². The van der Waals surface area contributed by atoms with E-state index in [1.165, 1.54) is 4.31 Å². The molecule has 1 heterocycles. The van der Waals surface area contributed by atoms with Gasteiger partial charge in [-0.05, 0) is 38.0 Å². The number of piperidine rings is 1. The van der Waals surface area contributed by atoms with Crippen LogP contribution in [0, 0.1) is 5.41 Å². The molecule has 0 aromatic carbocycles. The standard InChI is InChI=1S/C13H24N2O4S/c1-11-5-2-3-8-15(11)20(18,19)14-10-13(6-4-7-13)9-12(16)17/h11,14H,2-10H2,1H3,(H,16,17). The van der Waals surface area contributed by atoms with Crippen LogP contribution in [0.15, 0.2) is 0 Å². The molecule has 0 radical (unpaired) electrons. The van der Waals surface area contributed by atoms with E-state index in [0.29, 0.717) is 6.54 Å². The summed E-state index contributed by atoms with van der Waals surface area (Å²) in [6.07, 6.45) is 5.46. The Balaban J connectivity index is 1.96. The second kappa shape index (κ2) is 5.99. The molecule has 1 atom stereocenters. The smallest absolute Gasteiger partial charge is 0.303 e. The topological polar surface area (TPSA) is 86.7 Å². The lowest BCUT2D eigenvalue weighted by Crippen LogP contribution is -2.51. The van der Waals surface area contributed by atoms with Gasteiger partial charge in [-0.25, -0.2) is 4.72 Å². The fourth-order valence-electron chi connectivity index (χ4n) is 3.17. The normalized spacial score (nSPS) is 26.9. The quantitative estimate of drug-likeness (QED) is 0.775. The molecule has 2 N–H and O–H groups in total. The van der Waals surface area contributed by atoms with Gasteiger partial charge in [0, 0.05) is 19.1 Å². The highest BCUT2D eigenvalue weighted by molar-refractivity contribution is 7.87. The second-order valence-corrected chi connectivity index (χ2v) is 7.91. The molecule has 2 rings (SSSR count). The highest BCUT2D eigenvalue weighted by Gasteiger charge is 2.40. The van der Waals surface area contributed by atoms with Crippen molar-refractivity contribution in [2.45, 2.75) is 57.9 Å². The van der Waals surface area contributed by atoms with E-state index in [0.717, 1.165) is 38.5 Å². The Morgan fingerprint density at radius 1 is 1.35 bits per heavy atom. The third-order valence-corrected chi connectivity index (χ3v) is 6.29. The average Bonchev–Trinajstić information content (AvgIpc) is 2.32. The predicted octanol–water partition coefficient (Wildman–Crippen LogP) is 1.34. The van der Waals surface area contributed by atoms with Gasteiger partial charge in [0.25, 0.3) is 10.2 Å². The molecule has 116 valence electrons. The van der Waals surface area contributed by atoms with Gasteiger partial charge in [-0.1, -0.05) is 12.8 Å². The molecule has 2 aliphatic rings. The van der Waals surface area contributed by atoms with E-state index in [-0.39, 0.29) is 24.4 Å². The van der Waals surface area contributed by atoms with Crippen LogP contribution in [0.3, 0.4) is 0 Å². The fraction of sp³-hybridized carbons (Fsp3) is 0.923. The fourth-order valence-corrected chi connectivity index (χ4v) is 4.77. The van der Waals surface area contributed by atoms with Gasteiger partial charge in [-0.15, -0.1) is 0 Å². The summed E-state index contributed by atoms with van der Waals surface area (Å²) in [6.45, 7) is 2.72. The van der Waals surface area contributed by atoms with Gasteiger partial charge in [0.2, 0.25) is 0 Å². The predicted molar refractivity (Wildman–Crippen MR) is 75.5 cm³/mol. The zero-order valence-electron chi connectivity index (χ0n) is 12.0. The van der Waals surface area contributed by atoms with Crippen LogP contribution < -0.4 is 4.72 Å². The second-order valence-electron chi connectivity index (χ2n) is 6.21. The Morgan fingerprint density at radius 3 is 2.55 bits per heavy atom. The summed E-state index contributed by atoms with van der Waals surface area (Å²) in [5, 5.41) is 8.95. The third-order valence-electron chi connectivity index (χ3n) is 4.62. The molecular weight excluding hydrogens is 280 g/mol. The van der Waals surface area contributed by atoms with E-state index >= 15 is 0 Å². The van der Waals surface area contributed by atoms with Gasteiger partial charge in [0.05, 0.1) is 6.42 Å². The molecule has 2 fully saturated rings. The highest BCUT2D eigenvalue weighted by atomic mass is 32.2. The van der Waals surface area contributed by atoms with Crippen molar-refractivity contribution in [1.29, 1.82) is 0 Å². The lowest BCUT2D eigenvalue weighted by atomic mass is 9.67. The zero-order chi connectivity index (χ0) is 14.8. The minimum Gasteiger partial charge on any atom is -0.481 e. The lowest BCUT2D eigenvalue weighted by molar-refractivity contribution is -0.141. The molecule has 0 amide bonds. The summed E-state index contributed by atoms with van der Waals surface area (Å²) in [4.78, 5) is 10.9. The van der Waals surface area contributed by atoms with E-state index < -0.39 is 16.2 Å². The number of nitrogens with one attached hydrogen (secondary N) is 1. The Hall–Kier alpha value is -0.660. The lowest BCUT2D eigenvalue weighted by Gasteiger charge is -2.41. The van der Waals surface area contributed by atoms with Crippen LogP contribution in [-0.2, 0) is 15.0 Å². The summed E-state index contributed by atoms with van der Waals surface area (Å²) in [5.41, 5.74) is -0.377. The molecule has 1 saturated heterocycles. The molecule has 1 aliphatic heterocycles. The molecule has 0 spiro atoms. The van der Waals surface area contributed by atoms with Gasteiger partial charge in [0.1, 0.15) is 0 Å². The Morgan fingerprint density at radius 2 is 2.05 bits per heavy atom. The molecule has 6 nitrogen and oxygen atoms in total. The first-order valence-corrected chi connectivity index (χ1v) is 8.77. The van der Waals surface area contributed by atoms with E-state index in [4.69, 9.17) is 5.11 Å². The van der Waals surface area contributed by atoms with Crippen molar-refractivity contribution in [3.05, 3.63) is 0 Å². The van der Waals surface area contributed by atoms with Crippen LogP contribution in [0.1, 0.15) is 51.9 Å². The van der Waals surface area contributed by atoms with Crippen molar-refractivity contribution in [3.63, 3.8) is 0 Å². The number of aliphatic carboxylic acids is 1. The molecule has 0 bridgehead atoms. The zero-order valence-corrected chi connectivity index (χ0v) is 12.8. The summed E-state index contributed by atoms with van der Waals surface area (Å²) >= 11 is 0. The van der Waals surface area contributed by atoms with Crippen LogP contribution in [0.5, 0.6) is 0 Å². The molecule has 0 aromatic rings. The Kier molecular flexibility index (Phi) is 4.71. The first kappa shape index (κ1) is 15.7. The molecule has 1 aliphatic carbocycles. The van der Waals surface area contributed by atoms with E-state index in [2.05, 4.69) is 4.72 Å². The van der Waals surface area contributed by atoms with Crippen LogP contribution >= 0.6 is 0 Å². The Bertz CT molecular complexity index is 459. The summed E-state index contributed by atoms with van der Waals surface area (Å²) in [6, 6.07) is 0.0260. The maximum atomic E-state index is 12.3. The summed E-state index contributed by atoms with van der Waals surface area (Å²) in [7, 11) is -3.49. The van der Waals surface area contributed by atoms with Crippen LogP contribution in [-0.4, -0.2) is 42.9 Å². The van der Waals surface area contributed by atoms with E-state index in [1.54, 1.807) is 0 Å².